The molecule has 0 aliphatic rings. The summed E-state index contributed by atoms with van der Waals surface area (Å²) < 4.78 is 0. The summed E-state index contributed by atoms with van der Waals surface area (Å²) in [7, 11) is 1.69. The van der Waals surface area contributed by atoms with Crippen molar-refractivity contribution >= 4 is 0 Å². The number of nitrogens with zero attached hydrogens (tertiary/aromatic N) is 1. The molecule has 0 saturated carbocycles. The van der Waals surface area contributed by atoms with Crippen LogP contribution in [0.3, 0.4) is 0 Å². The van der Waals surface area contributed by atoms with Gasteiger partial charge in [-0.25, -0.2) is 0 Å². The van der Waals surface area contributed by atoms with Crippen molar-refractivity contribution in [1.29, 1.82) is 0 Å². The van der Waals surface area contributed by atoms with Gasteiger partial charge >= 0.3 is 0 Å². The maximum Gasteiger partial charge on any atom is 0.0575 e. The molecule has 0 saturated heterocycles. The van der Waals surface area contributed by atoms with Crippen molar-refractivity contribution in [2.24, 2.45) is 0 Å². The second-order valence-corrected chi connectivity index (χ2v) is 2.65. The summed E-state index contributed by atoms with van der Waals surface area (Å²) in [6.07, 6.45) is 4.08. The van der Waals surface area contributed by atoms with Crippen molar-refractivity contribution in [1.82, 2.24) is 5.06 Å². The highest BCUT2D eigenvalue weighted by Crippen LogP contribution is 1.88. The Labute approximate surface area is 77.9 Å². The number of hydrogen-bond acceptors (Lipinski definition) is 2. The van der Waals surface area contributed by atoms with Crippen LogP contribution in [0.15, 0.2) is 0 Å². The van der Waals surface area contributed by atoms with Gasteiger partial charge < -0.3 is 4.84 Å². The van der Waals surface area contributed by atoms with E-state index in [4.69, 9.17) is 4.84 Å². The Balaban J connectivity index is 0. The summed E-state index contributed by atoms with van der Waals surface area (Å²) in [6.45, 7) is 10.5. The van der Waals surface area contributed by atoms with Crippen molar-refractivity contribution in [2.75, 3.05) is 20.2 Å². The van der Waals surface area contributed by atoms with Crippen LogP contribution in [0.1, 0.15) is 47.0 Å². The van der Waals surface area contributed by atoms with Crippen molar-refractivity contribution in [2.45, 2.75) is 47.0 Å². The first-order chi connectivity index (χ1) is 5.76. The summed E-state index contributed by atoms with van der Waals surface area (Å²) in [6, 6.07) is 0. The highest BCUT2D eigenvalue weighted by Gasteiger charge is 1.89. The number of rotatable bonds is 5. The summed E-state index contributed by atoms with van der Waals surface area (Å²) in [5.74, 6) is 0. The van der Waals surface area contributed by atoms with E-state index >= 15 is 0 Å². The second-order valence-electron chi connectivity index (χ2n) is 2.65. The molecule has 0 aliphatic carbocycles. The van der Waals surface area contributed by atoms with Crippen LogP contribution >= 0.6 is 0 Å². The first-order valence-electron chi connectivity index (χ1n) is 5.05. The van der Waals surface area contributed by atoms with Gasteiger partial charge in [-0.1, -0.05) is 47.0 Å². The molecular formula is C10H25NO. The summed E-state index contributed by atoms with van der Waals surface area (Å²) in [4.78, 5) is 4.88. The molecule has 0 bridgehead atoms. The minimum Gasteiger partial charge on any atom is -0.302 e. The molecule has 0 radical (unpaired) electrons. The predicted molar refractivity (Wildman–Crippen MR) is 55.1 cm³/mol. The van der Waals surface area contributed by atoms with Crippen molar-refractivity contribution in [3.63, 3.8) is 0 Å². The molecule has 0 aliphatic heterocycles. The van der Waals surface area contributed by atoms with E-state index in [0.29, 0.717) is 0 Å². The van der Waals surface area contributed by atoms with E-state index in [1.807, 2.05) is 5.06 Å². The van der Waals surface area contributed by atoms with Gasteiger partial charge in [-0.15, -0.1) is 0 Å². The van der Waals surface area contributed by atoms with Crippen LogP contribution in [-0.4, -0.2) is 25.3 Å². The average Bonchev–Trinajstić information content (AvgIpc) is 2.10. The summed E-state index contributed by atoms with van der Waals surface area (Å²) in [5, 5.41) is 1.88. The molecule has 2 nitrogen and oxygen atoms in total. The fraction of sp³-hybridized carbons (Fsp3) is 1.00. The molecule has 0 atom stereocenters. The van der Waals surface area contributed by atoms with Crippen LogP contribution in [0.4, 0.5) is 0 Å². The van der Waals surface area contributed by atoms with Crippen LogP contribution in [-0.2, 0) is 4.84 Å². The van der Waals surface area contributed by atoms with Gasteiger partial charge in [0, 0.05) is 13.1 Å². The topological polar surface area (TPSA) is 12.5 Å². The summed E-state index contributed by atoms with van der Waals surface area (Å²) >= 11 is 0. The minimum atomic E-state index is 0.965. The molecule has 0 aromatic rings. The van der Waals surface area contributed by atoms with Gasteiger partial charge in [-0.3, -0.25) is 0 Å². The molecule has 2 heteroatoms. The third-order valence-electron chi connectivity index (χ3n) is 1.67. The van der Waals surface area contributed by atoms with Crippen molar-refractivity contribution in [3.05, 3.63) is 0 Å². The molecule has 0 amide bonds. The van der Waals surface area contributed by atoms with E-state index in [2.05, 4.69) is 27.7 Å². The zero-order chi connectivity index (χ0) is 9.82. The molecule has 0 N–H and O–H groups in total. The third-order valence-corrected chi connectivity index (χ3v) is 1.67. The fourth-order valence-electron chi connectivity index (χ4n) is 0.835. The van der Waals surface area contributed by atoms with Gasteiger partial charge in [0.1, 0.15) is 0 Å². The zero-order valence-corrected chi connectivity index (χ0v) is 9.39. The highest BCUT2D eigenvalue weighted by atomic mass is 16.7. The first-order valence-corrected chi connectivity index (χ1v) is 5.05. The van der Waals surface area contributed by atoms with Gasteiger partial charge in [-0.05, 0) is 0 Å². The lowest BCUT2D eigenvalue weighted by atomic mass is 10.3. The Morgan fingerprint density at radius 1 is 0.917 bits per heavy atom. The van der Waals surface area contributed by atoms with Crippen molar-refractivity contribution in [3.8, 4) is 0 Å². The monoisotopic (exact) mass is 175 g/mol. The molecule has 0 fully saturated rings. The Bertz CT molecular complexity index is 55.3. The van der Waals surface area contributed by atoms with E-state index in [1.165, 1.54) is 19.3 Å². The van der Waals surface area contributed by atoms with Crippen LogP contribution in [0.25, 0.3) is 0 Å². The zero-order valence-electron chi connectivity index (χ0n) is 9.39. The predicted octanol–water partition coefficient (Wildman–Crippen LogP) is 3.09. The third kappa shape index (κ3) is 12.6. The van der Waals surface area contributed by atoms with E-state index in [1.54, 1.807) is 7.11 Å². The van der Waals surface area contributed by atoms with Crippen LogP contribution in [0.5, 0.6) is 0 Å². The molecule has 0 unspecified atom stereocenters. The summed E-state index contributed by atoms with van der Waals surface area (Å²) in [5.41, 5.74) is 0. The number of hydroxylamine groups is 2. The van der Waals surface area contributed by atoms with E-state index in [-0.39, 0.29) is 0 Å². The fourth-order valence-corrected chi connectivity index (χ4v) is 0.835. The minimum absolute atomic E-state index is 0.965. The van der Waals surface area contributed by atoms with Crippen LogP contribution in [0, 0.1) is 0 Å². The molecular weight excluding hydrogens is 150 g/mol. The molecule has 0 spiro atoms. The molecule has 0 heterocycles. The molecule has 0 rings (SSSR count). The van der Waals surface area contributed by atoms with Gasteiger partial charge in [0.15, 0.2) is 0 Å². The van der Waals surface area contributed by atoms with Gasteiger partial charge in [0.25, 0.3) is 0 Å². The normalized spacial score (nSPS) is 9.50. The Morgan fingerprint density at radius 2 is 1.33 bits per heavy atom. The second kappa shape index (κ2) is 13.5. The standard InChI is InChI=1S/C5H13NO.C5H12/c1-4-6(5-2)7-3;1-3-5-4-2/h4-5H2,1-3H3;3-5H2,1-2H3. The maximum absolute atomic E-state index is 4.88. The van der Waals surface area contributed by atoms with E-state index < -0.39 is 0 Å². The number of unbranched alkanes of at least 4 members (excludes halogenated alkanes) is 2. The maximum atomic E-state index is 4.88. The van der Waals surface area contributed by atoms with Gasteiger partial charge in [0.2, 0.25) is 0 Å². The lowest BCUT2D eigenvalue weighted by Gasteiger charge is -2.12. The molecule has 0 aromatic carbocycles. The number of hydrogen-bond donors (Lipinski definition) is 0. The quantitative estimate of drug-likeness (QED) is 0.595. The van der Waals surface area contributed by atoms with Gasteiger partial charge in [0.05, 0.1) is 7.11 Å². The van der Waals surface area contributed by atoms with E-state index in [9.17, 15) is 0 Å². The molecule has 0 aromatic heterocycles. The van der Waals surface area contributed by atoms with Gasteiger partial charge in [-0.2, -0.15) is 5.06 Å². The SMILES string of the molecule is CCCCC.CCN(CC)OC. The van der Waals surface area contributed by atoms with Crippen LogP contribution < -0.4 is 0 Å². The van der Waals surface area contributed by atoms with Crippen molar-refractivity contribution < 1.29 is 4.84 Å². The average molecular weight is 175 g/mol. The molecule has 76 valence electrons. The Hall–Kier alpha value is -0.0800. The van der Waals surface area contributed by atoms with E-state index in [0.717, 1.165) is 13.1 Å². The lowest BCUT2D eigenvalue weighted by molar-refractivity contribution is -0.123. The largest absolute Gasteiger partial charge is 0.302 e. The lowest BCUT2D eigenvalue weighted by Crippen LogP contribution is -2.20. The first kappa shape index (κ1) is 14.4. The molecule has 12 heavy (non-hydrogen) atoms. The highest BCUT2D eigenvalue weighted by molar-refractivity contribution is 4.29. The smallest absolute Gasteiger partial charge is 0.0575 e. The Morgan fingerprint density at radius 3 is 1.33 bits per heavy atom. The van der Waals surface area contributed by atoms with Crippen LogP contribution in [0.2, 0.25) is 0 Å². The Kier molecular flexibility index (Phi) is 16.3.